The zero-order chi connectivity index (χ0) is 13.0. The van der Waals surface area contributed by atoms with Crippen molar-refractivity contribution >= 4 is 11.7 Å². The third-order valence-corrected chi connectivity index (χ3v) is 2.65. The van der Waals surface area contributed by atoms with Crippen molar-refractivity contribution in [2.75, 3.05) is 11.9 Å². The molecule has 0 aliphatic heterocycles. The van der Waals surface area contributed by atoms with Crippen molar-refractivity contribution in [2.24, 2.45) is 11.5 Å². The van der Waals surface area contributed by atoms with E-state index >= 15 is 0 Å². The number of aryl methyl sites for hydroxylation is 2. The molecule has 0 bridgehead atoms. The van der Waals surface area contributed by atoms with Gasteiger partial charge in [-0.1, -0.05) is 6.92 Å². The first-order valence-corrected chi connectivity index (χ1v) is 5.73. The number of carbonyl (C=O) groups excluding carboxylic acids is 1. The number of primary amides is 1. The highest BCUT2D eigenvalue weighted by Crippen LogP contribution is 2.18. The van der Waals surface area contributed by atoms with Crippen molar-refractivity contribution in [3.05, 3.63) is 22.9 Å². The van der Waals surface area contributed by atoms with E-state index < -0.39 is 5.91 Å². The standard InChI is InChI=1S/C12H20N4O/c1-4-9(13)6-15-12-10(11(14)17)7(2)5-8(3)16-12/h5,9H,4,6,13H2,1-3H3,(H2,14,17)(H,15,16). The Balaban J connectivity index is 3.00. The number of amides is 1. The summed E-state index contributed by atoms with van der Waals surface area (Å²) in [5.74, 6) is 0.0569. The zero-order valence-electron chi connectivity index (χ0n) is 10.6. The first-order chi connectivity index (χ1) is 7.95. The predicted molar refractivity (Wildman–Crippen MR) is 69.0 cm³/mol. The number of nitrogens with two attached hydrogens (primary N) is 2. The first-order valence-electron chi connectivity index (χ1n) is 5.73. The summed E-state index contributed by atoms with van der Waals surface area (Å²) >= 11 is 0. The average Bonchev–Trinajstić information content (AvgIpc) is 2.24. The number of hydrogen-bond donors (Lipinski definition) is 3. The molecule has 0 aromatic carbocycles. The van der Waals surface area contributed by atoms with Gasteiger partial charge in [0.25, 0.3) is 5.91 Å². The van der Waals surface area contributed by atoms with Gasteiger partial charge in [0.1, 0.15) is 5.82 Å². The van der Waals surface area contributed by atoms with Gasteiger partial charge in [0, 0.05) is 18.3 Å². The van der Waals surface area contributed by atoms with Gasteiger partial charge in [-0.25, -0.2) is 4.98 Å². The van der Waals surface area contributed by atoms with Gasteiger partial charge in [-0.3, -0.25) is 4.79 Å². The van der Waals surface area contributed by atoms with Crippen LogP contribution >= 0.6 is 0 Å². The molecule has 5 nitrogen and oxygen atoms in total. The molecule has 1 unspecified atom stereocenters. The summed E-state index contributed by atoms with van der Waals surface area (Å²) in [5.41, 5.74) is 13.3. The SMILES string of the molecule is CCC(N)CNc1nc(C)cc(C)c1C(N)=O. The van der Waals surface area contributed by atoms with Gasteiger partial charge in [-0.15, -0.1) is 0 Å². The summed E-state index contributed by atoms with van der Waals surface area (Å²) in [5, 5.41) is 3.09. The number of aromatic nitrogens is 1. The molecule has 0 fully saturated rings. The normalized spacial score (nSPS) is 12.2. The van der Waals surface area contributed by atoms with Gasteiger partial charge in [0.05, 0.1) is 5.56 Å². The molecule has 17 heavy (non-hydrogen) atoms. The molecule has 1 aromatic heterocycles. The van der Waals surface area contributed by atoms with Crippen LogP contribution in [0.4, 0.5) is 5.82 Å². The molecule has 1 heterocycles. The van der Waals surface area contributed by atoms with Crippen molar-refractivity contribution in [3.8, 4) is 0 Å². The summed E-state index contributed by atoms with van der Waals surface area (Å²) in [6.07, 6.45) is 0.865. The maximum Gasteiger partial charge on any atom is 0.252 e. The second kappa shape index (κ2) is 5.63. The average molecular weight is 236 g/mol. The third kappa shape index (κ3) is 3.42. The van der Waals surface area contributed by atoms with Gasteiger partial charge >= 0.3 is 0 Å². The molecule has 5 heteroatoms. The van der Waals surface area contributed by atoms with E-state index in [0.717, 1.165) is 17.7 Å². The number of carbonyl (C=O) groups is 1. The van der Waals surface area contributed by atoms with Crippen LogP contribution in [0, 0.1) is 13.8 Å². The number of rotatable bonds is 5. The molecule has 0 aliphatic carbocycles. The maximum atomic E-state index is 11.4. The fraction of sp³-hybridized carbons (Fsp3) is 0.500. The van der Waals surface area contributed by atoms with E-state index in [1.54, 1.807) is 0 Å². The van der Waals surface area contributed by atoms with Crippen LogP contribution in [0.1, 0.15) is 35.0 Å². The lowest BCUT2D eigenvalue weighted by atomic mass is 10.1. The van der Waals surface area contributed by atoms with Gasteiger partial charge in [-0.05, 0) is 31.9 Å². The summed E-state index contributed by atoms with van der Waals surface area (Å²) in [6, 6.07) is 1.88. The monoisotopic (exact) mass is 236 g/mol. The van der Waals surface area contributed by atoms with E-state index in [1.165, 1.54) is 0 Å². The lowest BCUT2D eigenvalue weighted by molar-refractivity contribution is 0.1000. The van der Waals surface area contributed by atoms with Gasteiger partial charge < -0.3 is 16.8 Å². The number of pyridine rings is 1. The maximum absolute atomic E-state index is 11.4. The summed E-state index contributed by atoms with van der Waals surface area (Å²) < 4.78 is 0. The fourth-order valence-electron chi connectivity index (χ4n) is 1.65. The second-order valence-electron chi connectivity index (χ2n) is 4.22. The highest BCUT2D eigenvalue weighted by atomic mass is 16.1. The first kappa shape index (κ1) is 13.4. The predicted octanol–water partition coefficient (Wildman–Crippen LogP) is 0.947. The van der Waals surface area contributed by atoms with E-state index in [4.69, 9.17) is 11.5 Å². The number of nitrogens with one attached hydrogen (secondary N) is 1. The largest absolute Gasteiger partial charge is 0.368 e. The van der Waals surface area contributed by atoms with Crippen LogP contribution in [0.15, 0.2) is 6.07 Å². The highest BCUT2D eigenvalue weighted by molar-refractivity contribution is 5.99. The Labute approximate surface area is 102 Å². The van der Waals surface area contributed by atoms with Crippen molar-refractivity contribution in [1.29, 1.82) is 0 Å². The van der Waals surface area contributed by atoms with Crippen molar-refractivity contribution in [2.45, 2.75) is 33.2 Å². The molecular weight excluding hydrogens is 216 g/mol. The third-order valence-electron chi connectivity index (χ3n) is 2.65. The van der Waals surface area contributed by atoms with Crippen LogP contribution in [0.5, 0.6) is 0 Å². The Morgan fingerprint density at radius 1 is 1.53 bits per heavy atom. The molecule has 0 saturated heterocycles. The minimum Gasteiger partial charge on any atom is -0.368 e. The van der Waals surface area contributed by atoms with Gasteiger partial charge in [0.15, 0.2) is 0 Å². The topological polar surface area (TPSA) is 94.0 Å². The Hall–Kier alpha value is -1.62. The van der Waals surface area contributed by atoms with Crippen LogP contribution in [0.3, 0.4) is 0 Å². The molecule has 0 radical (unpaired) electrons. The number of anilines is 1. The van der Waals surface area contributed by atoms with Gasteiger partial charge in [-0.2, -0.15) is 0 Å². The van der Waals surface area contributed by atoms with E-state index in [9.17, 15) is 4.79 Å². The number of hydrogen-bond acceptors (Lipinski definition) is 4. The van der Waals surface area contributed by atoms with Crippen LogP contribution < -0.4 is 16.8 Å². The molecule has 1 rings (SSSR count). The smallest absolute Gasteiger partial charge is 0.252 e. The van der Waals surface area contributed by atoms with E-state index in [2.05, 4.69) is 10.3 Å². The van der Waals surface area contributed by atoms with Crippen LogP contribution in [0.2, 0.25) is 0 Å². The molecule has 94 valence electrons. The molecule has 0 spiro atoms. The quantitative estimate of drug-likeness (QED) is 0.709. The molecule has 0 aliphatic rings. The lowest BCUT2D eigenvalue weighted by Crippen LogP contribution is -2.29. The van der Waals surface area contributed by atoms with Crippen molar-refractivity contribution < 1.29 is 4.79 Å². The Morgan fingerprint density at radius 2 is 2.18 bits per heavy atom. The second-order valence-corrected chi connectivity index (χ2v) is 4.22. The molecular formula is C12H20N4O. The lowest BCUT2D eigenvalue weighted by Gasteiger charge is -2.15. The zero-order valence-corrected chi connectivity index (χ0v) is 10.6. The van der Waals surface area contributed by atoms with Gasteiger partial charge in [0.2, 0.25) is 0 Å². The van der Waals surface area contributed by atoms with Crippen molar-refractivity contribution in [3.63, 3.8) is 0 Å². The summed E-state index contributed by atoms with van der Waals surface area (Å²) in [6.45, 7) is 6.31. The molecule has 0 saturated carbocycles. The molecule has 1 aromatic rings. The highest BCUT2D eigenvalue weighted by Gasteiger charge is 2.14. The van der Waals surface area contributed by atoms with Crippen molar-refractivity contribution in [1.82, 2.24) is 4.98 Å². The van der Waals surface area contributed by atoms with Crippen LogP contribution in [-0.2, 0) is 0 Å². The Kier molecular flexibility index (Phi) is 4.45. The minimum atomic E-state index is -0.470. The van der Waals surface area contributed by atoms with E-state index in [1.807, 2.05) is 26.8 Å². The van der Waals surface area contributed by atoms with Crippen LogP contribution in [0.25, 0.3) is 0 Å². The molecule has 1 atom stereocenters. The summed E-state index contributed by atoms with van der Waals surface area (Å²) in [7, 11) is 0. The summed E-state index contributed by atoms with van der Waals surface area (Å²) in [4.78, 5) is 15.7. The molecule has 1 amide bonds. The van der Waals surface area contributed by atoms with E-state index in [-0.39, 0.29) is 6.04 Å². The van der Waals surface area contributed by atoms with Crippen LogP contribution in [-0.4, -0.2) is 23.5 Å². The minimum absolute atomic E-state index is 0.0401. The fourth-order valence-corrected chi connectivity index (χ4v) is 1.65. The Morgan fingerprint density at radius 3 is 2.71 bits per heavy atom. The van der Waals surface area contributed by atoms with E-state index in [0.29, 0.717) is 17.9 Å². The molecule has 5 N–H and O–H groups in total. The number of nitrogens with zero attached hydrogens (tertiary/aromatic N) is 1. The Bertz CT molecular complexity index is 417.